The van der Waals surface area contributed by atoms with Gasteiger partial charge in [-0.2, -0.15) is 13.2 Å². The molecular weight excluding hydrogens is 269 g/mol. The Labute approximate surface area is 118 Å². The van der Waals surface area contributed by atoms with Crippen LogP contribution in [0.3, 0.4) is 0 Å². The average Bonchev–Trinajstić information content (AvgIpc) is 2.42. The van der Waals surface area contributed by atoms with Gasteiger partial charge in [0, 0.05) is 19.0 Å². The van der Waals surface area contributed by atoms with Crippen molar-refractivity contribution >= 4 is 5.91 Å². The van der Waals surface area contributed by atoms with Crippen LogP contribution in [0, 0.1) is 11.8 Å². The summed E-state index contributed by atoms with van der Waals surface area (Å²) in [5, 5.41) is 0. The van der Waals surface area contributed by atoms with Gasteiger partial charge in [0.1, 0.15) is 0 Å². The predicted octanol–water partition coefficient (Wildman–Crippen LogP) is 2.94. The van der Waals surface area contributed by atoms with Crippen molar-refractivity contribution in [3.8, 4) is 0 Å². The first-order valence-corrected chi connectivity index (χ1v) is 7.47. The zero-order valence-corrected chi connectivity index (χ0v) is 12.1. The Balaban J connectivity index is 2.78. The van der Waals surface area contributed by atoms with E-state index in [-0.39, 0.29) is 12.3 Å². The van der Waals surface area contributed by atoms with Crippen LogP contribution >= 0.6 is 0 Å². The van der Waals surface area contributed by atoms with E-state index in [1.54, 1.807) is 4.90 Å². The van der Waals surface area contributed by atoms with Crippen LogP contribution < -0.4 is 5.73 Å². The van der Waals surface area contributed by atoms with Gasteiger partial charge in [-0.1, -0.05) is 19.8 Å². The Morgan fingerprint density at radius 1 is 1.25 bits per heavy atom. The van der Waals surface area contributed by atoms with E-state index in [2.05, 4.69) is 0 Å². The third-order valence-corrected chi connectivity index (χ3v) is 3.94. The molecule has 1 amide bonds. The Morgan fingerprint density at radius 2 is 1.90 bits per heavy atom. The number of alkyl halides is 3. The SMILES string of the molecule is CCCN(CCCN)C(=O)C1CCCCC1C(F)(F)F. The lowest BCUT2D eigenvalue weighted by Crippen LogP contribution is -2.45. The summed E-state index contributed by atoms with van der Waals surface area (Å²) < 4.78 is 39.2. The van der Waals surface area contributed by atoms with E-state index in [1.165, 1.54) is 0 Å². The van der Waals surface area contributed by atoms with Gasteiger partial charge in [-0.25, -0.2) is 0 Å². The van der Waals surface area contributed by atoms with Crippen LogP contribution in [0.2, 0.25) is 0 Å². The van der Waals surface area contributed by atoms with E-state index in [0.717, 1.165) is 6.42 Å². The fourth-order valence-corrected chi connectivity index (χ4v) is 2.94. The molecule has 0 radical (unpaired) electrons. The van der Waals surface area contributed by atoms with E-state index in [1.807, 2.05) is 6.92 Å². The lowest BCUT2D eigenvalue weighted by Gasteiger charge is -2.35. The molecule has 2 unspecified atom stereocenters. The largest absolute Gasteiger partial charge is 0.392 e. The Morgan fingerprint density at radius 3 is 2.45 bits per heavy atom. The van der Waals surface area contributed by atoms with Crippen molar-refractivity contribution in [2.75, 3.05) is 19.6 Å². The van der Waals surface area contributed by atoms with Gasteiger partial charge in [-0.05, 0) is 32.2 Å². The maximum Gasteiger partial charge on any atom is 0.392 e. The third-order valence-electron chi connectivity index (χ3n) is 3.94. The first-order chi connectivity index (χ1) is 9.41. The molecule has 1 rings (SSSR count). The fourth-order valence-electron chi connectivity index (χ4n) is 2.94. The first kappa shape index (κ1) is 17.3. The second kappa shape index (κ2) is 7.86. The van der Waals surface area contributed by atoms with Crippen LogP contribution in [0.4, 0.5) is 13.2 Å². The predicted molar refractivity (Wildman–Crippen MR) is 72.0 cm³/mol. The zero-order chi connectivity index (χ0) is 15.2. The highest BCUT2D eigenvalue weighted by molar-refractivity contribution is 5.79. The van der Waals surface area contributed by atoms with Crippen molar-refractivity contribution in [1.82, 2.24) is 4.90 Å². The molecule has 0 heterocycles. The summed E-state index contributed by atoms with van der Waals surface area (Å²) in [6.45, 7) is 3.34. The second-order valence-electron chi connectivity index (χ2n) is 5.51. The standard InChI is InChI=1S/C14H25F3N2O/c1-2-9-19(10-5-8-18)13(20)11-6-3-4-7-12(11)14(15,16)17/h11-12H,2-10,18H2,1H3. The monoisotopic (exact) mass is 294 g/mol. The van der Waals surface area contributed by atoms with Gasteiger partial charge in [0.2, 0.25) is 5.91 Å². The van der Waals surface area contributed by atoms with E-state index in [0.29, 0.717) is 45.3 Å². The molecule has 0 aromatic carbocycles. The van der Waals surface area contributed by atoms with Gasteiger partial charge < -0.3 is 10.6 Å². The van der Waals surface area contributed by atoms with Gasteiger partial charge >= 0.3 is 6.18 Å². The van der Waals surface area contributed by atoms with Crippen LogP contribution in [0.1, 0.15) is 45.4 Å². The summed E-state index contributed by atoms with van der Waals surface area (Å²) in [5.74, 6) is -2.70. The summed E-state index contributed by atoms with van der Waals surface area (Å²) in [5.41, 5.74) is 5.43. The average molecular weight is 294 g/mol. The number of hydrogen-bond acceptors (Lipinski definition) is 2. The first-order valence-electron chi connectivity index (χ1n) is 7.47. The Bertz CT molecular complexity index is 307. The molecular formula is C14H25F3N2O. The van der Waals surface area contributed by atoms with Gasteiger partial charge in [-0.15, -0.1) is 0 Å². The molecule has 0 aromatic heterocycles. The molecule has 0 aromatic rings. The zero-order valence-electron chi connectivity index (χ0n) is 12.1. The molecule has 3 nitrogen and oxygen atoms in total. The maximum absolute atomic E-state index is 13.1. The second-order valence-corrected chi connectivity index (χ2v) is 5.51. The normalized spacial score (nSPS) is 23.6. The number of rotatable bonds is 6. The summed E-state index contributed by atoms with van der Waals surface area (Å²) in [6, 6.07) is 0. The summed E-state index contributed by atoms with van der Waals surface area (Å²) >= 11 is 0. The molecule has 1 saturated carbocycles. The molecule has 2 atom stereocenters. The molecule has 118 valence electrons. The van der Waals surface area contributed by atoms with Crippen molar-refractivity contribution in [2.24, 2.45) is 17.6 Å². The van der Waals surface area contributed by atoms with Crippen molar-refractivity contribution < 1.29 is 18.0 Å². The molecule has 1 fully saturated rings. The van der Waals surface area contributed by atoms with Crippen LogP contribution in [0.5, 0.6) is 0 Å². The molecule has 0 spiro atoms. The molecule has 1 aliphatic rings. The van der Waals surface area contributed by atoms with Crippen molar-refractivity contribution in [3.63, 3.8) is 0 Å². The molecule has 0 saturated heterocycles. The molecule has 2 N–H and O–H groups in total. The van der Waals surface area contributed by atoms with Gasteiger partial charge in [0.15, 0.2) is 0 Å². The van der Waals surface area contributed by atoms with Crippen LogP contribution in [0.15, 0.2) is 0 Å². The number of halogens is 3. The van der Waals surface area contributed by atoms with Gasteiger partial charge in [0.05, 0.1) is 5.92 Å². The summed E-state index contributed by atoms with van der Waals surface area (Å²) in [4.78, 5) is 14.0. The van der Waals surface area contributed by atoms with E-state index in [4.69, 9.17) is 5.73 Å². The van der Waals surface area contributed by atoms with Crippen molar-refractivity contribution in [2.45, 2.75) is 51.6 Å². The molecule has 0 bridgehead atoms. The number of carbonyl (C=O) groups is 1. The number of nitrogens with zero attached hydrogens (tertiary/aromatic N) is 1. The van der Waals surface area contributed by atoms with Crippen molar-refractivity contribution in [1.29, 1.82) is 0 Å². The fraction of sp³-hybridized carbons (Fsp3) is 0.929. The minimum atomic E-state index is -4.27. The van der Waals surface area contributed by atoms with E-state index < -0.39 is 18.0 Å². The number of hydrogen-bond donors (Lipinski definition) is 1. The Hall–Kier alpha value is -0.780. The highest BCUT2D eigenvalue weighted by Gasteiger charge is 2.48. The molecule has 20 heavy (non-hydrogen) atoms. The van der Waals surface area contributed by atoms with Crippen LogP contribution in [-0.2, 0) is 4.79 Å². The van der Waals surface area contributed by atoms with E-state index >= 15 is 0 Å². The maximum atomic E-state index is 13.1. The van der Waals surface area contributed by atoms with E-state index in [9.17, 15) is 18.0 Å². The van der Waals surface area contributed by atoms with Crippen LogP contribution in [-0.4, -0.2) is 36.6 Å². The highest BCUT2D eigenvalue weighted by Crippen LogP contribution is 2.42. The number of carbonyl (C=O) groups excluding carboxylic acids is 1. The lowest BCUT2D eigenvalue weighted by molar-refractivity contribution is -0.200. The molecule has 6 heteroatoms. The smallest absolute Gasteiger partial charge is 0.342 e. The van der Waals surface area contributed by atoms with Crippen LogP contribution in [0.25, 0.3) is 0 Å². The lowest BCUT2D eigenvalue weighted by atomic mass is 9.78. The van der Waals surface area contributed by atoms with Gasteiger partial charge in [0.25, 0.3) is 0 Å². The highest BCUT2D eigenvalue weighted by atomic mass is 19.4. The van der Waals surface area contributed by atoms with Crippen molar-refractivity contribution in [3.05, 3.63) is 0 Å². The Kier molecular flexibility index (Phi) is 6.79. The number of nitrogens with two attached hydrogens (primary N) is 1. The topological polar surface area (TPSA) is 46.3 Å². The summed E-state index contributed by atoms with van der Waals surface area (Å²) in [6.07, 6.45) is -1.19. The molecule has 1 aliphatic carbocycles. The third kappa shape index (κ3) is 4.65. The molecule has 0 aliphatic heterocycles. The minimum absolute atomic E-state index is 0.0801. The summed E-state index contributed by atoms with van der Waals surface area (Å²) in [7, 11) is 0. The quantitative estimate of drug-likeness (QED) is 0.818. The number of amides is 1. The minimum Gasteiger partial charge on any atom is -0.342 e. The van der Waals surface area contributed by atoms with Gasteiger partial charge in [-0.3, -0.25) is 4.79 Å².